The van der Waals surface area contributed by atoms with E-state index in [1.165, 1.54) is 26.3 Å². The molecule has 0 aliphatic carbocycles. The van der Waals surface area contributed by atoms with E-state index >= 15 is 4.39 Å². The molecular formula is C24H22ClFN3O5-. The van der Waals surface area contributed by atoms with Crippen molar-refractivity contribution in [1.82, 2.24) is 15.0 Å². The summed E-state index contributed by atoms with van der Waals surface area (Å²) in [7, 11) is 1.50. The van der Waals surface area contributed by atoms with E-state index in [9.17, 15) is 15.0 Å². The number of aliphatic hydroxyl groups is 1. The zero-order valence-corrected chi connectivity index (χ0v) is 19.5. The molecule has 0 saturated heterocycles. The highest BCUT2D eigenvalue weighted by Gasteiger charge is 2.30. The Labute approximate surface area is 200 Å². The molecule has 0 amide bonds. The second-order valence-electron chi connectivity index (χ2n) is 8.09. The Kier molecular flexibility index (Phi) is 6.67. The maximum Gasteiger partial charge on any atom is 0.213 e. The number of hydrogen-bond donors (Lipinski definition) is 1. The third-order valence-corrected chi connectivity index (χ3v) is 6.21. The number of ether oxygens (including phenoxy) is 2. The maximum absolute atomic E-state index is 15.3. The molecule has 3 atom stereocenters. The van der Waals surface area contributed by atoms with E-state index in [2.05, 4.69) is 15.0 Å². The number of carbonyl (C=O) groups excluding carboxylic acids is 1. The molecule has 2 aromatic heterocycles. The fourth-order valence-electron chi connectivity index (χ4n) is 3.91. The van der Waals surface area contributed by atoms with Crippen molar-refractivity contribution in [2.24, 2.45) is 5.92 Å². The average Bonchev–Trinajstić information content (AvgIpc) is 2.83. The lowest BCUT2D eigenvalue weighted by atomic mass is 9.92. The van der Waals surface area contributed by atoms with Gasteiger partial charge < -0.3 is 24.5 Å². The van der Waals surface area contributed by atoms with Gasteiger partial charge in [-0.1, -0.05) is 30.7 Å². The highest BCUT2D eigenvalue weighted by molar-refractivity contribution is 6.33. The number of aliphatic hydroxyl groups excluding tert-OH is 1. The summed E-state index contributed by atoms with van der Waals surface area (Å²) in [6.07, 6.45) is 1.94. The molecule has 8 nitrogen and oxygen atoms in total. The standard InChI is InChI=1S/C24H23ClFN3O5/c1-11(24(31)32)22(30)14-6-4-13-5-7-18(34-23(13)20(14)26)21-12(2)29-17(10-28-21)15-8-19(33-3)27-9-16(15)25/h4,6,8-11,18,22,30H,5,7H2,1-3H3,(H,31,32)/p-1/t11-,18?,22+/m0/s1. The number of carboxylic acid groups (broad SMARTS) is 1. The smallest absolute Gasteiger partial charge is 0.213 e. The quantitative estimate of drug-likeness (QED) is 0.564. The van der Waals surface area contributed by atoms with Crippen molar-refractivity contribution in [2.75, 3.05) is 7.11 Å². The van der Waals surface area contributed by atoms with Crippen molar-refractivity contribution in [2.45, 2.75) is 38.9 Å². The lowest BCUT2D eigenvalue weighted by Crippen LogP contribution is -2.33. The summed E-state index contributed by atoms with van der Waals surface area (Å²) in [6.45, 7) is 3.03. The molecule has 3 heterocycles. The van der Waals surface area contributed by atoms with Crippen molar-refractivity contribution >= 4 is 17.6 Å². The normalized spacial score (nSPS) is 16.8. The lowest BCUT2D eigenvalue weighted by Gasteiger charge is -2.29. The number of aryl methyl sites for hydroxylation is 2. The number of nitrogens with zero attached hydrogens (tertiary/aromatic N) is 3. The van der Waals surface area contributed by atoms with Gasteiger partial charge in [-0.2, -0.15) is 0 Å². The number of benzene rings is 1. The Morgan fingerprint density at radius 1 is 1.35 bits per heavy atom. The van der Waals surface area contributed by atoms with Gasteiger partial charge in [0.05, 0.1) is 42.0 Å². The second-order valence-corrected chi connectivity index (χ2v) is 8.49. The van der Waals surface area contributed by atoms with Crippen LogP contribution in [0.4, 0.5) is 4.39 Å². The number of hydrogen-bond acceptors (Lipinski definition) is 8. The highest BCUT2D eigenvalue weighted by atomic mass is 35.5. The molecule has 0 spiro atoms. The number of pyridine rings is 1. The van der Waals surface area contributed by atoms with Crippen molar-refractivity contribution < 1.29 is 28.9 Å². The van der Waals surface area contributed by atoms with Crippen LogP contribution in [0.1, 0.15) is 48.1 Å². The molecular weight excluding hydrogens is 465 g/mol. The topological polar surface area (TPSA) is 117 Å². The molecule has 1 aliphatic heterocycles. The minimum absolute atomic E-state index is 0.0226. The first-order valence-corrected chi connectivity index (χ1v) is 11.0. The van der Waals surface area contributed by atoms with Crippen LogP contribution in [0.2, 0.25) is 5.02 Å². The van der Waals surface area contributed by atoms with Crippen molar-refractivity contribution in [1.29, 1.82) is 0 Å². The molecule has 4 rings (SSSR count). The third-order valence-electron chi connectivity index (χ3n) is 5.91. The van der Waals surface area contributed by atoms with Crippen molar-refractivity contribution in [3.63, 3.8) is 0 Å². The molecule has 1 N–H and O–H groups in total. The van der Waals surface area contributed by atoms with Gasteiger partial charge in [0.25, 0.3) is 0 Å². The monoisotopic (exact) mass is 486 g/mol. The molecule has 178 valence electrons. The van der Waals surface area contributed by atoms with Crippen LogP contribution in [0.3, 0.4) is 0 Å². The van der Waals surface area contributed by atoms with Crippen LogP contribution in [0.25, 0.3) is 11.3 Å². The minimum atomic E-state index is -1.57. The van der Waals surface area contributed by atoms with E-state index in [4.69, 9.17) is 21.1 Å². The second kappa shape index (κ2) is 9.52. The van der Waals surface area contributed by atoms with Gasteiger partial charge in [0, 0.05) is 29.1 Å². The minimum Gasteiger partial charge on any atom is -0.550 e. The summed E-state index contributed by atoms with van der Waals surface area (Å²) in [5, 5.41) is 21.8. The van der Waals surface area contributed by atoms with E-state index in [-0.39, 0.29) is 11.3 Å². The Hall–Kier alpha value is -3.30. The van der Waals surface area contributed by atoms with E-state index in [1.54, 1.807) is 25.3 Å². The van der Waals surface area contributed by atoms with E-state index in [0.29, 0.717) is 52.0 Å². The Morgan fingerprint density at radius 3 is 2.79 bits per heavy atom. The summed E-state index contributed by atoms with van der Waals surface area (Å²) < 4.78 is 26.4. The first-order valence-electron chi connectivity index (χ1n) is 10.6. The van der Waals surface area contributed by atoms with E-state index < -0.39 is 29.9 Å². The molecule has 3 aromatic rings. The summed E-state index contributed by atoms with van der Waals surface area (Å²) in [6, 6.07) is 4.68. The number of aliphatic carboxylic acids is 1. The molecule has 1 unspecified atom stereocenters. The molecule has 0 saturated carbocycles. The van der Waals surface area contributed by atoms with Crippen LogP contribution < -0.4 is 14.6 Å². The van der Waals surface area contributed by atoms with Gasteiger partial charge in [0.1, 0.15) is 11.8 Å². The van der Waals surface area contributed by atoms with Crippen LogP contribution in [0.15, 0.2) is 30.6 Å². The van der Waals surface area contributed by atoms with E-state index in [1.807, 2.05) is 0 Å². The number of carbonyl (C=O) groups is 1. The summed E-state index contributed by atoms with van der Waals surface area (Å²) in [5.41, 5.74) is 2.73. The van der Waals surface area contributed by atoms with E-state index in [0.717, 1.165) is 0 Å². The number of fused-ring (bicyclic) bond motifs is 1. The lowest BCUT2D eigenvalue weighted by molar-refractivity contribution is -0.313. The van der Waals surface area contributed by atoms with Crippen molar-refractivity contribution in [3.8, 4) is 22.9 Å². The van der Waals surface area contributed by atoms with Gasteiger partial charge in [0.2, 0.25) is 5.88 Å². The van der Waals surface area contributed by atoms with Gasteiger partial charge in [-0.15, -0.1) is 0 Å². The number of carboxylic acids is 1. The van der Waals surface area contributed by atoms with Crippen LogP contribution >= 0.6 is 11.6 Å². The predicted octanol–water partition coefficient (Wildman–Crippen LogP) is 3.13. The fraction of sp³-hybridized carbons (Fsp3) is 0.333. The molecule has 1 aliphatic rings. The zero-order valence-electron chi connectivity index (χ0n) is 18.7. The molecule has 0 bridgehead atoms. The third kappa shape index (κ3) is 4.41. The van der Waals surface area contributed by atoms with Crippen LogP contribution in [0, 0.1) is 18.7 Å². The van der Waals surface area contributed by atoms with Gasteiger partial charge in [-0.3, -0.25) is 4.98 Å². The number of halogens is 2. The summed E-state index contributed by atoms with van der Waals surface area (Å²) in [5.74, 6) is -3.18. The van der Waals surface area contributed by atoms with Gasteiger partial charge in [-0.05, 0) is 25.3 Å². The number of rotatable bonds is 6. The zero-order chi connectivity index (χ0) is 24.6. The predicted molar refractivity (Wildman–Crippen MR) is 119 cm³/mol. The number of methoxy groups -OCH3 is 1. The van der Waals surface area contributed by atoms with Gasteiger partial charge in [0.15, 0.2) is 11.6 Å². The largest absolute Gasteiger partial charge is 0.550 e. The Morgan fingerprint density at radius 2 is 2.12 bits per heavy atom. The van der Waals surface area contributed by atoms with Gasteiger partial charge in [-0.25, -0.2) is 14.4 Å². The first kappa shape index (κ1) is 23.8. The molecule has 34 heavy (non-hydrogen) atoms. The molecule has 1 aromatic carbocycles. The molecule has 0 radical (unpaired) electrons. The summed E-state index contributed by atoms with van der Waals surface area (Å²) >= 11 is 6.27. The van der Waals surface area contributed by atoms with Gasteiger partial charge >= 0.3 is 0 Å². The van der Waals surface area contributed by atoms with Crippen LogP contribution in [0.5, 0.6) is 11.6 Å². The molecule has 0 fully saturated rings. The Balaban J connectivity index is 1.64. The van der Waals surface area contributed by atoms with Crippen LogP contribution in [-0.4, -0.2) is 33.1 Å². The van der Waals surface area contributed by atoms with Crippen molar-refractivity contribution in [3.05, 3.63) is 63.9 Å². The highest BCUT2D eigenvalue weighted by Crippen LogP contribution is 2.40. The number of aromatic nitrogens is 3. The fourth-order valence-corrected chi connectivity index (χ4v) is 4.11. The summed E-state index contributed by atoms with van der Waals surface area (Å²) in [4.78, 5) is 24.3. The average molecular weight is 487 g/mol. The maximum atomic E-state index is 15.3. The van der Waals surface area contributed by atoms with Crippen LogP contribution in [-0.2, 0) is 11.2 Å². The molecule has 10 heteroatoms. The SMILES string of the molecule is COc1cc(-c2cnc(C3CCc4ccc([C@H](O)[C@H](C)C(=O)[O-])c(F)c4O3)c(C)n2)c(Cl)cn1. The first-order chi connectivity index (χ1) is 16.2. The Bertz CT molecular complexity index is 1260.